The van der Waals surface area contributed by atoms with Crippen LogP contribution in [-0.4, -0.2) is 188 Å². The van der Waals surface area contributed by atoms with Crippen LogP contribution < -0.4 is 16.0 Å². The molecule has 68 heavy (non-hydrogen) atoms. The molecule has 4 N–H and O–H groups in total. The molecule has 5 amide bonds. The first-order valence-corrected chi connectivity index (χ1v) is 23.1. The molecule has 0 fully saturated rings. The Morgan fingerprint density at radius 3 is 1.57 bits per heavy atom. The fraction of sp³-hybridized carbons (Fsp3) is 0.739. The Morgan fingerprint density at radius 2 is 1.03 bits per heavy atom. The van der Waals surface area contributed by atoms with Gasteiger partial charge in [-0.3, -0.25) is 52.8 Å². The molecule has 386 valence electrons. The number of aliphatic carboxylic acids is 1. The summed E-state index contributed by atoms with van der Waals surface area (Å²) in [6.45, 7) is 1.57. The van der Waals surface area contributed by atoms with Crippen LogP contribution >= 0.6 is 0 Å². The molecule has 1 aliphatic heterocycles. The smallest absolute Gasteiger partial charge is 0.303 e. The van der Waals surface area contributed by atoms with E-state index in [1.165, 1.54) is 14.2 Å². The average molecular weight is 971 g/mol. The SMILES string of the molecule is COCCCC(=O)CCOCC(COCCC(=O)NCCOC)(COCCC(=O)NCCOC)CC(=O)CCCC(=O)[C@H](CCC(=O)O)NC(=O)CCOCCCC(=O)CCN1C(=O)C=CC1=O. The third kappa shape index (κ3) is 30.5. The van der Waals surface area contributed by atoms with Gasteiger partial charge in [-0.05, 0) is 25.7 Å². The van der Waals surface area contributed by atoms with Gasteiger partial charge >= 0.3 is 5.97 Å². The number of carboxylic acids is 1. The van der Waals surface area contributed by atoms with Crippen LogP contribution in [0.4, 0.5) is 0 Å². The maximum Gasteiger partial charge on any atom is 0.303 e. The van der Waals surface area contributed by atoms with Gasteiger partial charge in [-0.15, -0.1) is 0 Å². The van der Waals surface area contributed by atoms with Gasteiger partial charge in [0.1, 0.15) is 17.3 Å². The van der Waals surface area contributed by atoms with Crippen molar-refractivity contribution in [3.05, 3.63) is 12.2 Å². The quantitative estimate of drug-likeness (QED) is 0.0485. The van der Waals surface area contributed by atoms with E-state index >= 15 is 0 Å². The summed E-state index contributed by atoms with van der Waals surface area (Å²) in [5.41, 5.74) is -1.14. The molecule has 22 nitrogen and oxygen atoms in total. The highest BCUT2D eigenvalue weighted by atomic mass is 16.5. The van der Waals surface area contributed by atoms with Crippen molar-refractivity contribution in [1.82, 2.24) is 20.9 Å². The second-order valence-corrected chi connectivity index (χ2v) is 16.2. The molecular weight excluding hydrogens is 897 g/mol. The summed E-state index contributed by atoms with van der Waals surface area (Å²) in [6.07, 6.45) is 2.73. The number of Topliss-reactive ketones (excluding diaryl/α,β-unsaturated/α-hetero) is 4. The predicted octanol–water partition coefficient (Wildman–Crippen LogP) is 0.833. The summed E-state index contributed by atoms with van der Waals surface area (Å²) in [6, 6.07) is -1.14. The lowest BCUT2D eigenvalue weighted by atomic mass is 9.83. The van der Waals surface area contributed by atoms with Crippen molar-refractivity contribution in [3.63, 3.8) is 0 Å². The average Bonchev–Trinajstić information content (AvgIpc) is 3.62. The normalized spacial score (nSPS) is 12.8. The lowest BCUT2D eigenvalue weighted by molar-refractivity contribution is -0.139. The summed E-state index contributed by atoms with van der Waals surface area (Å²) in [7, 11) is 4.57. The monoisotopic (exact) mass is 970 g/mol. The molecule has 0 radical (unpaired) electrons. The van der Waals surface area contributed by atoms with E-state index in [2.05, 4.69) is 16.0 Å². The highest BCUT2D eigenvalue weighted by molar-refractivity contribution is 6.13. The summed E-state index contributed by atoms with van der Waals surface area (Å²) in [4.78, 5) is 125. The first kappa shape index (κ1) is 61.2. The number of rotatable bonds is 46. The minimum absolute atomic E-state index is 0.00710. The van der Waals surface area contributed by atoms with Crippen molar-refractivity contribution in [3.8, 4) is 0 Å². The van der Waals surface area contributed by atoms with E-state index in [0.29, 0.717) is 52.2 Å². The van der Waals surface area contributed by atoms with Crippen LogP contribution in [0.25, 0.3) is 0 Å². The van der Waals surface area contributed by atoms with E-state index < -0.39 is 47.4 Å². The fourth-order valence-corrected chi connectivity index (χ4v) is 6.60. The van der Waals surface area contributed by atoms with Crippen molar-refractivity contribution in [2.75, 3.05) is 114 Å². The molecule has 22 heteroatoms. The first-order chi connectivity index (χ1) is 32.6. The Hall–Kier alpha value is -4.84. The first-order valence-electron chi connectivity index (χ1n) is 23.1. The highest BCUT2D eigenvalue weighted by Crippen LogP contribution is 2.27. The molecule has 0 saturated heterocycles. The molecule has 0 aliphatic carbocycles. The molecule has 0 unspecified atom stereocenters. The minimum atomic E-state index is -1.17. The molecule has 0 spiro atoms. The molecule has 0 aromatic carbocycles. The van der Waals surface area contributed by atoms with E-state index in [0.717, 1.165) is 17.1 Å². The van der Waals surface area contributed by atoms with Crippen molar-refractivity contribution >= 4 is 58.6 Å². The summed E-state index contributed by atoms with van der Waals surface area (Å²) in [5.74, 6) is -4.16. The van der Waals surface area contributed by atoms with E-state index in [9.17, 15) is 53.1 Å². The van der Waals surface area contributed by atoms with Gasteiger partial charge < -0.3 is 54.2 Å². The maximum atomic E-state index is 13.7. The highest BCUT2D eigenvalue weighted by Gasteiger charge is 2.35. The maximum absolute atomic E-state index is 13.7. The molecule has 1 aliphatic rings. The number of carbonyl (C=O) groups is 10. The number of nitrogens with zero attached hydrogens (tertiary/aromatic N) is 1. The summed E-state index contributed by atoms with van der Waals surface area (Å²) < 4.78 is 38.3. The van der Waals surface area contributed by atoms with Crippen LogP contribution in [-0.2, 0) is 81.1 Å². The molecule has 0 bridgehead atoms. The second-order valence-electron chi connectivity index (χ2n) is 16.2. The van der Waals surface area contributed by atoms with E-state index in [-0.39, 0.29) is 159 Å². The van der Waals surface area contributed by atoms with Crippen LogP contribution in [0.5, 0.6) is 0 Å². The van der Waals surface area contributed by atoms with Gasteiger partial charge in [-0.2, -0.15) is 0 Å². The number of hydrogen-bond acceptors (Lipinski definition) is 17. The second kappa shape index (κ2) is 38.1. The van der Waals surface area contributed by atoms with Gasteiger partial charge in [0.2, 0.25) is 17.7 Å². The van der Waals surface area contributed by atoms with Gasteiger partial charge in [-0.25, -0.2) is 0 Å². The van der Waals surface area contributed by atoms with Crippen LogP contribution in [0.15, 0.2) is 12.2 Å². The van der Waals surface area contributed by atoms with E-state index in [1.54, 1.807) is 7.11 Å². The third-order valence-electron chi connectivity index (χ3n) is 10.3. The largest absolute Gasteiger partial charge is 0.481 e. The fourth-order valence-electron chi connectivity index (χ4n) is 6.60. The minimum Gasteiger partial charge on any atom is -0.481 e. The van der Waals surface area contributed by atoms with Crippen LogP contribution in [0.2, 0.25) is 0 Å². The van der Waals surface area contributed by atoms with Crippen LogP contribution in [0, 0.1) is 5.41 Å². The number of hydrogen-bond donors (Lipinski definition) is 4. The van der Waals surface area contributed by atoms with E-state index in [4.69, 9.17) is 33.2 Å². The molecule has 0 aromatic rings. The standard InChI is InChI=1S/C46H74N4O18/c1-62-23-5-8-36(52)16-25-66-32-46(33-67-27-17-40(55)47-20-29-63-2,34-68-28-18-41(56)48-21-30-64-3)31-37(53)7-4-10-39(54)38(11-14-45(60)61)49-42(57)19-26-65-24-6-9-35(51)15-22-50-43(58)12-13-44(50)59/h12-13,38H,4-11,14-34H2,1-3H3,(H,47,55)(H,48,56)(H,49,57)(H,60,61)/t38-/m0/s1. The molecule has 1 heterocycles. The van der Waals surface area contributed by atoms with Crippen molar-refractivity contribution in [2.24, 2.45) is 5.41 Å². The summed E-state index contributed by atoms with van der Waals surface area (Å²) in [5, 5.41) is 17.3. The molecule has 1 rings (SSSR count). The number of ketones is 4. The topological polar surface area (TPSA) is 295 Å². The Balaban J connectivity index is 2.89. The molecule has 0 saturated carbocycles. The Labute approximate surface area is 398 Å². The van der Waals surface area contributed by atoms with Crippen molar-refractivity contribution in [1.29, 1.82) is 0 Å². The molecule has 1 atom stereocenters. The zero-order valence-electron chi connectivity index (χ0n) is 40.1. The van der Waals surface area contributed by atoms with Gasteiger partial charge in [0.05, 0.1) is 65.5 Å². The predicted molar refractivity (Wildman–Crippen MR) is 242 cm³/mol. The van der Waals surface area contributed by atoms with Crippen molar-refractivity contribution < 1.29 is 86.2 Å². The number of nitrogens with one attached hydrogen (secondary N) is 3. The number of carbonyl (C=O) groups excluding carboxylic acids is 9. The van der Waals surface area contributed by atoms with Crippen LogP contribution in [0.3, 0.4) is 0 Å². The number of ether oxygens (including phenoxy) is 7. The Bertz CT molecular complexity index is 1530. The van der Waals surface area contributed by atoms with Gasteiger partial charge in [-0.1, -0.05) is 0 Å². The number of methoxy groups -OCH3 is 3. The van der Waals surface area contributed by atoms with Crippen LogP contribution in [0.1, 0.15) is 96.3 Å². The Morgan fingerprint density at radius 1 is 0.544 bits per heavy atom. The molecular formula is C46H74N4O18. The number of imide groups is 1. The van der Waals surface area contributed by atoms with Crippen molar-refractivity contribution in [2.45, 2.75) is 102 Å². The Kier molecular flexibility index (Phi) is 34.2. The number of carboxylic acid groups (broad SMARTS) is 1. The summed E-state index contributed by atoms with van der Waals surface area (Å²) >= 11 is 0. The lowest BCUT2D eigenvalue weighted by Gasteiger charge is -2.33. The van der Waals surface area contributed by atoms with Gasteiger partial charge in [0.25, 0.3) is 11.8 Å². The molecule has 0 aromatic heterocycles. The lowest BCUT2D eigenvalue weighted by Crippen LogP contribution is -2.41. The number of amides is 5. The zero-order chi connectivity index (χ0) is 50.4. The zero-order valence-corrected chi connectivity index (χ0v) is 40.1. The van der Waals surface area contributed by atoms with E-state index in [1.807, 2.05) is 0 Å². The van der Waals surface area contributed by atoms with Gasteiger partial charge in [0.15, 0.2) is 5.78 Å². The van der Waals surface area contributed by atoms with Gasteiger partial charge in [0, 0.05) is 142 Å². The third-order valence-corrected chi connectivity index (χ3v) is 10.3.